The number of amides is 2. The molecule has 7 heteroatoms. The van der Waals surface area contributed by atoms with Crippen molar-refractivity contribution < 1.29 is 9.59 Å². The molecule has 1 aliphatic carbocycles. The van der Waals surface area contributed by atoms with Crippen molar-refractivity contribution in [2.24, 2.45) is 0 Å². The molecule has 1 aromatic carbocycles. The highest BCUT2D eigenvalue weighted by molar-refractivity contribution is 6.02. The fraction of sp³-hybridized carbons (Fsp3) is 0.250. The standard InChI is InChI=1S/C24H23N5O2/c1-16(17-5-3-2-4-6-17)26-23(31)24(11-12-24)29-15-18-7-8-20(28-21(18)22(29)30)27-19-9-13-25-14-10-19/h2-10,13-14,16H,11-12,15H2,1H3,(H,26,31)(H,25,27,28)/t16-/m0/s1. The summed E-state index contributed by atoms with van der Waals surface area (Å²) in [5.41, 5.74) is 2.36. The first-order chi connectivity index (χ1) is 15.1. The minimum atomic E-state index is -0.778. The largest absolute Gasteiger partial charge is 0.348 e. The van der Waals surface area contributed by atoms with E-state index in [0.29, 0.717) is 30.9 Å². The van der Waals surface area contributed by atoms with Gasteiger partial charge in [-0.3, -0.25) is 14.6 Å². The first kappa shape index (κ1) is 19.2. The molecule has 0 bridgehead atoms. The number of aromatic nitrogens is 2. The maximum atomic E-state index is 13.2. The minimum absolute atomic E-state index is 0.0971. The van der Waals surface area contributed by atoms with Crippen molar-refractivity contribution in [3.8, 4) is 0 Å². The van der Waals surface area contributed by atoms with E-state index in [9.17, 15) is 9.59 Å². The maximum absolute atomic E-state index is 13.2. The molecule has 7 nitrogen and oxygen atoms in total. The molecule has 3 heterocycles. The van der Waals surface area contributed by atoms with Crippen molar-refractivity contribution in [2.75, 3.05) is 5.32 Å². The lowest BCUT2D eigenvalue weighted by Crippen LogP contribution is -2.49. The van der Waals surface area contributed by atoms with Crippen molar-refractivity contribution in [3.63, 3.8) is 0 Å². The van der Waals surface area contributed by atoms with Gasteiger partial charge in [0.1, 0.15) is 17.1 Å². The number of fused-ring (bicyclic) bond motifs is 1. The van der Waals surface area contributed by atoms with Crippen LogP contribution in [0.15, 0.2) is 67.0 Å². The molecule has 156 valence electrons. The molecule has 1 saturated carbocycles. The summed E-state index contributed by atoms with van der Waals surface area (Å²) in [4.78, 5) is 36.6. The van der Waals surface area contributed by atoms with E-state index in [2.05, 4.69) is 20.6 Å². The highest BCUT2D eigenvalue weighted by atomic mass is 16.2. The molecule has 31 heavy (non-hydrogen) atoms. The van der Waals surface area contributed by atoms with Gasteiger partial charge in [0.15, 0.2) is 0 Å². The molecule has 2 amide bonds. The Hall–Kier alpha value is -3.74. The van der Waals surface area contributed by atoms with E-state index >= 15 is 0 Å². The van der Waals surface area contributed by atoms with Crippen LogP contribution in [0.3, 0.4) is 0 Å². The quantitative estimate of drug-likeness (QED) is 0.645. The van der Waals surface area contributed by atoms with E-state index in [4.69, 9.17) is 0 Å². The van der Waals surface area contributed by atoms with Gasteiger partial charge in [0.25, 0.3) is 5.91 Å². The van der Waals surface area contributed by atoms with Gasteiger partial charge in [-0.15, -0.1) is 0 Å². The molecule has 2 aliphatic rings. The lowest BCUT2D eigenvalue weighted by Gasteiger charge is -2.28. The lowest BCUT2D eigenvalue weighted by molar-refractivity contribution is -0.127. The number of nitrogens with zero attached hydrogens (tertiary/aromatic N) is 3. The van der Waals surface area contributed by atoms with Crippen LogP contribution in [0.5, 0.6) is 0 Å². The van der Waals surface area contributed by atoms with Gasteiger partial charge in [0, 0.05) is 30.2 Å². The first-order valence-corrected chi connectivity index (χ1v) is 10.4. The van der Waals surface area contributed by atoms with Crippen molar-refractivity contribution in [3.05, 3.63) is 83.8 Å². The Bertz CT molecular complexity index is 1130. The third kappa shape index (κ3) is 3.52. The summed E-state index contributed by atoms with van der Waals surface area (Å²) >= 11 is 0. The average molecular weight is 413 g/mol. The van der Waals surface area contributed by atoms with E-state index in [-0.39, 0.29) is 17.9 Å². The molecule has 2 aromatic heterocycles. The minimum Gasteiger partial charge on any atom is -0.348 e. The Morgan fingerprint density at radius 3 is 2.52 bits per heavy atom. The molecule has 1 aliphatic heterocycles. The summed E-state index contributed by atoms with van der Waals surface area (Å²) in [5, 5.41) is 6.28. The molecule has 5 rings (SSSR count). The maximum Gasteiger partial charge on any atom is 0.274 e. The highest BCUT2D eigenvalue weighted by Gasteiger charge is 2.58. The number of carbonyl (C=O) groups excluding carboxylic acids is 2. The number of carbonyl (C=O) groups is 2. The summed E-state index contributed by atoms with van der Waals surface area (Å²) in [6.07, 6.45) is 4.72. The first-order valence-electron chi connectivity index (χ1n) is 10.4. The highest BCUT2D eigenvalue weighted by Crippen LogP contribution is 2.46. The molecular formula is C24H23N5O2. The summed E-state index contributed by atoms with van der Waals surface area (Å²) < 4.78 is 0. The Morgan fingerprint density at radius 2 is 1.81 bits per heavy atom. The van der Waals surface area contributed by atoms with E-state index < -0.39 is 5.54 Å². The van der Waals surface area contributed by atoms with Gasteiger partial charge in [-0.2, -0.15) is 0 Å². The molecule has 1 fully saturated rings. The van der Waals surface area contributed by atoms with Crippen LogP contribution in [0, 0.1) is 0 Å². The normalized spacial score (nSPS) is 17.1. The molecule has 3 aromatic rings. The number of nitrogens with one attached hydrogen (secondary N) is 2. The molecule has 0 unspecified atom stereocenters. The smallest absolute Gasteiger partial charge is 0.274 e. The Morgan fingerprint density at radius 1 is 1.06 bits per heavy atom. The second kappa shape index (κ2) is 7.50. The van der Waals surface area contributed by atoms with Gasteiger partial charge in [0.05, 0.1) is 6.04 Å². The van der Waals surface area contributed by atoms with Crippen LogP contribution in [0.1, 0.15) is 47.4 Å². The van der Waals surface area contributed by atoms with E-state index in [1.165, 1.54) is 0 Å². The van der Waals surface area contributed by atoms with Gasteiger partial charge in [0.2, 0.25) is 5.91 Å². The molecule has 1 atom stereocenters. The Labute approximate surface area is 180 Å². The van der Waals surface area contributed by atoms with E-state index in [1.54, 1.807) is 17.3 Å². The Balaban J connectivity index is 1.32. The summed E-state index contributed by atoms with van der Waals surface area (Å²) in [7, 11) is 0. The molecule has 0 saturated heterocycles. The van der Waals surface area contributed by atoms with Crippen LogP contribution in [0.2, 0.25) is 0 Å². The van der Waals surface area contributed by atoms with Crippen molar-refractivity contribution in [1.29, 1.82) is 0 Å². The van der Waals surface area contributed by atoms with Gasteiger partial charge in [-0.05, 0) is 43.5 Å². The fourth-order valence-corrected chi connectivity index (χ4v) is 4.06. The van der Waals surface area contributed by atoms with Crippen LogP contribution >= 0.6 is 0 Å². The van der Waals surface area contributed by atoms with Crippen LogP contribution in [-0.4, -0.2) is 32.2 Å². The summed E-state index contributed by atoms with van der Waals surface area (Å²) in [5.74, 6) is 0.306. The van der Waals surface area contributed by atoms with Crippen molar-refractivity contribution in [1.82, 2.24) is 20.2 Å². The number of benzene rings is 1. The second-order valence-electron chi connectivity index (χ2n) is 8.09. The predicted molar refractivity (Wildman–Crippen MR) is 117 cm³/mol. The Kier molecular flexibility index (Phi) is 4.66. The van der Waals surface area contributed by atoms with Crippen LogP contribution < -0.4 is 10.6 Å². The predicted octanol–water partition coefficient (Wildman–Crippen LogP) is 3.59. The number of rotatable bonds is 6. The van der Waals surface area contributed by atoms with Gasteiger partial charge in [-0.1, -0.05) is 36.4 Å². The number of hydrogen-bond acceptors (Lipinski definition) is 5. The fourth-order valence-electron chi connectivity index (χ4n) is 4.06. The second-order valence-corrected chi connectivity index (χ2v) is 8.09. The van der Waals surface area contributed by atoms with Crippen molar-refractivity contribution in [2.45, 2.75) is 37.9 Å². The SMILES string of the molecule is C[C@H](NC(=O)C1(N2Cc3ccc(Nc4ccncc4)nc3C2=O)CC1)c1ccccc1. The molecule has 0 spiro atoms. The number of pyridine rings is 2. The van der Waals surface area contributed by atoms with E-state index in [0.717, 1.165) is 16.8 Å². The van der Waals surface area contributed by atoms with Gasteiger partial charge >= 0.3 is 0 Å². The average Bonchev–Trinajstić information content (AvgIpc) is 3.54. The molecule has 0 radical (unpaired) electrons. The van der Waals surface area contributed by atoms with Crippen LogP contribution in [-0.2, 0) is 11.3 Å². The van der Waals surface area contributed by atoms with Crippen LogP contribution in [0.4, 0.5) is 11.5 Å². The topological polar surface area (TPSA) is 87.2 Å². The zero-order valence-electron chi connectivity index (χ0n) is 17.2. The third-order valence-electron chi connectivity index (χ3n) is 6.02. The monoisotopic (exact) mass is 413 g/mol. The number of hydrogen-bond donors (Lipinski definition) is 2. The van der Waals surface area contributed by atoms with Crippen LogP contribution in [0.25, 0.3) is 0 Å². The van der Waals surface area contributed by atoms with E-state index in [1.807, 2.05) is 61.5 Å². The lowest BCUT2D eigenvalue weighted by atomic mass is 10.1. The van der Waals surface area contributed by atoms with Crippen molar-refractivity contribution >= 4 is 23.3 Å². The summed E-state index contributed by atoms with van der Waals surface area (Å²) in [6.45, 7) is 2.37. The molecule has 2 N–H and O–H groups in total. The zero-order valence-corrected chi connectivity index (χ0v) is 17.2. The summed E-state index contributed by atoms with van der Waals surface area (Å²) in [6, 6.07) is 17.1. The van der Waals surface area contributed by atoms with Gasteiger partial charge in [-0.25, -0.2) is 4.98 Å². The number of anilines is 2. The third-order valence-corrected chi connectivity index (χ3v) is 6.02. The molecular weight excluding hydrogens is 390 g/mol. The zero-order chi connectivity index (χ0) is 21.4. The van der Waals surface area contributed by atoms with Gasteiger partial charge < -0.3 is 15.5 Å².